The zero-order valence-corrected chi connectivity index (χ0v) is 31.7. The second kappa shape index (κ2) is 15.2. The van der Waals surface area contributed by atoms with Gasteiger partial charge in [0.25, 0.3) is 0 Å². The smallest absolute Gasteiger partial charge is 0.0540 e. The topological polar surface area (TPSA) is 6.48 Å². The third-order valence-corrected chi connectivity index (χ3v) is 11.4. The number of anilines is 6. The molecule has 1 unspecified atom stereocenters. The third-order valence-electron chi connectivity index (χ3n) is 11.4. The fourth-order valence-electron chi connectivity index (χ4n) is 8.51. The van der Waals surface area contributed by atoms with E-state index in [1.807, 2.05) is 0 Å². The van der Waals surface area contributed by atoms with Crippen molar-refractivity contribution in [3.05, 3.63) is 241 Å². The van der Waals surface area contributed by atoms with E-state index in [0.29, 0.717) is 5.92 Å². The molecule has 2 aliphatic rings. The van der Waals surface area contributed by atoms with Crippen molar-refractivity contribution >= 4 is 34.1 Å². The summed E-state index contributed by atoms with van der Waals surface area (Å²) in [4.78, 5) is 4.84. The molecule has 57 heavy (non-hydrogen) atoms. The highest BCUT2D eigenvalue weighted by atomic mass is 15.2. The summed E-state index contributed by atoms with van der Waals surface area (Å²) in [5.41, 5.74) is 18.2. The quantitative estimate of drug-likeness (QED) is 0.154. The van der Waals surface area contributed by atoms with Gasteiger partial charge < -0.3 is 9.80 Å². The average molecular weight is 731 g/mol. The van der Waals surface area contributed by atoms with Crippen molar-refractivity contribution < 1.29 is 0 Å². The lowest BCUT2D eigenvalue weighted by Gasteiger charge is -2.34. The standard InChI is InChI=1S/C55H42N2/c1-3-14-40(15-4-1)42-26-28-43(29-27-42)45-32-36-50(37-33-45)56(49-34-30-44(31-35-49)41-16-5-2-6-17-41)55-25-12-9-22-52(55)46-20-13-21-51(39-46)57-53-23-10-7-18-47(53)38-48-19-8-11-24-54(48)57/h1-16,18-37,39,41H,17,38H2. The molecule has 1 atom stereocenters. The lowest BCUT2D eigenvalue weighted by atomic mass is 9.92. The van der Waals surface area contributed by atoms with E-state index in [-0.39, 0.29) is 0 Å². The Kier molecular flexibility index (Phi) is 9.14. The van der Waals surface area contributed by atoms with E-state index in [9.17, 15) is 0 Å². The average Bonchev–Trinajstić information content (AvgIpc) is 3.29. The van der Waals surface area contributed by atoms with Crippen LogP contribution < -0.4 is 9.80 Å². The lowest BCUT2D eigenvalue weighted by molar-refractivity contribution is 0.854. The van der Waals surface area contributed by atoms with Gasteiger partial charge in [-0.1, -0.05) is 170 Å². The molecule has 0 radical (unpaired) electrons. The molecule has 8 aromatic rings. The predicted octanol–water partition coefficient (Wildman–Crippen LogP) is 15.1. The van der Waals surface area contributed by atoms with Crippen molar-refractivity contribution in [2.45, 2.75) is 18.8 Å². The Morgan fingerprint density at radius 2 is 0.982 bits per heavy atom. The number of nitrogens with zero attached hydrogens (tertiary/aromatic N) is 2. The van der Waals surface area contributed by atoms with Gasteiger partial charge in [-0.25, -0.2) is 0 Å². The van der Waals surface area contributed by atoms with Crippen LogP contribution in [0, 0.1) is 0 Å². The van der Waals surface area contributed by atoms with Crippen molar-refractivity contribution in [2.24, 2.45) is 0 Å². The van der Waals surface area contributed by atoms with Crippen LogP contribution in [0.4, 0.5) is 34.1 Å². The molecule has 1 aliphatic heterocycles. The molecule has 2 nitrogen and oxygen atoms in total. The number of fused-ring (bicyclic) bond motifs is 2. The number of hydrogen-bond acceptors (Lipinski definition) is 2. The second-order valence-electron chi connectivity index (χ2n) is 14.9. The Hall–Kier alpha value is -7.16. The first-order valence-electron chi connectivity index (χ1n) is 19.9. The molecule has 272 valence electrons. The fourth-order valence-corrected chi connectivity index (χ4v) is 8.51. The first-order chi connectivity index (χ1) is 28.3. The Morgan fingerprint density at radius 1 is 0.439 bits per heavy atom. The van der Waals surface area contributed by atoms with Gasteiger partial charge in [0.2, 0.25) is 0 Å². The van der Waals surface area contributed by atoms with Gasteiger partial charge in [-0.05, 0) is 106 Å². The van der Waals surface area contributed by atoms with Crippen molar-refractivity contribution in [1.82, 2.24) is 0 Å². The normalized spacial score (nSPS) is 14.2. The van der Waals surface area contributed by atoms with Gasteiger partial charge in [0.15, 0.2) is 0 Å². The SMILES string of the molecule is C1=CCC(c2ccc(N(c3ccc(-c4ccc(-c5ccccc5)cc4)cc3)c3ccccc3-c3cccc(N4c5ccccc5Cc5ccccc54)c3)cc2)C=C1. The molecule has 0 saturated carbocycles. The summed E-state index contributed by atoms with van der Waals surface area (Å²) >= 11 is 0. The predicted molar refractivity (Wildman–Crippen MR) is 241 cm³/mol. The van der Waals surface area contributed by atoms with Crippen LogP contribution in [-0.4, -0.2) is 0 Å². The van der Waals surface area contributed by atoms with Crippen molar-refractivity contribution in [3.63, 3.8) is 0 Å². The van der Waals surface area contributed by atoms with Crippen LogP contribution in [0.25, 0.3) is 33.4 Å². The molecule has 0 amide bonds. The summed E-state index contributed by atoms with van der Waals surface area (Å²) in [6, 6.07) is 73.1. The molecule has 0 saturated heterocycles. The summed E-state index contributed by atoms with van der Waals surface area (Å²) in [5, 5.41) is 0. The zero-order chi connectivity index (χ0) is 38.0. The van der Waals surface area contributed by atoms with E-state index < -0.39 is 0 Å². The molecule has 0 N–H and O–H groups in total. The van der Waals surface area contributed by atoms with Crippen LogP contribution in [-0.2, 0) is 6.42 Å². The van der Waals surface area contributed by atoms with Gasteiger partial charge in [0.05, 0.1) is 5.69 Å². The molecular weight excluding hydrogens is 689 g/mol. The van der Waals surface area contributed by atoms with Gasteiger partial charge in [-0.15, -0.1) is 0 Å². The minimum Gasteiger partial charge on any atom is -0.310 e. The monoisotopic (exact) mass is 730 g/mol. The minimum atomic E-state index is 0.394. The molecule has 0 aromatic heterocycles. The van der Waals surface area contributed by atoms with Crippen LogP contribution >= 0.6 is 0 Å². The number of benzene rings is 8. The Balaban J connectivity index is 1.05. The van der Waals surface area contributed by atoms with Gasteiger partial charge in [0, 0.05) is 46.3 Å². The van der Waals surface area contributed by atoms with Gasteiger partial charge in [-0.3, -0.25) is 0 Å². The first-order valence-corrected chi connectivity index (χ1v) is 19.9. The summed E-state index contributed by atoms with van der Waals surface area (Å²) in [6.07, 6.45) is 10.8. The largest absolute Gasteiger partial charge is 0.310 e. The number of rotatable bonds is 8. The highest BCUT2D eigenvalue weighted by molar-refractivity contribution is 5.91. The van der Waals surface area contributed by atoms with E-state index >= 15 is 0 Å². The number of allylic oxidation sites excluding steroid dienone is 4. The Labute approximate surface area is 336 Å². The molecule has 2 heteroatoms. The van der Waals surface area contributed by atoms with Crippen molar-refractivity contribution in [3.8, 4) is 33.4 Å². The van der Waals surface area contributed by atoms with Crippen LogP contribution in [0.1, 0.15) is 29.0 Å². The van der Waals surface area contributed by atoms with Crippen molar-refractivity contribution in [1.29, 1.82) is 0 Å². The maximum Gasteiger partial charge on any atom is 0.0540 e. The Morgan fingerprint density at radius 3 is 1.63 bits per heavy atom. The van der Waals surface area contributed by atoms with E-state index in [2.05, 4.69) is 234 Å². The third kappa shape index (κ3) is 6.77. The van der Waals surface area contributed by atoms with Crippen LogP contribution in [0.3, 0.4) is 0 Å². The van der Waals surface area contributed by atoms with E-state index in [1.54, 1.807) is 0 Å². The van der Waals surface area contributed by atoms with Crippen LogP contribution in [0.15, 0.2) is 224 Å². The molecule has 10 rings (SSSR count). The summed E-state index contributed by atoms with van der Waals surface area (Å²) in [7, 11) is 0. The lowest BCUT2D eigenvalue weighted by Crippen LogP contribution is -2.18. The maximum atomic E-state index is 2.43. The molecule has 0 bridgehead atoms. The van der Waals surface area contributed by atoms with Gasteiger partial charge in [-0.2, -0.15) is 0 Å². The highest BCUT2D eigenvalue weighted by Crippen LogP contribution is 2.46. The van der Waals surface area contributed by atoms with Crippen LogP contribution in [0.2, 0.25) is 0 Å². The maximum absolute atomic E-state index is 2.43. The molecular formula is C55H42N2. The van der Waals surface area contributed by atoms with E-state index in [4.69, 9.17) is 0 Å². The first kappa shape index (κ1) is 34.3. The summed E-state index contributed by atoms with van der Waals surface area (Å²) in [5.74, 6) is 0.394. The number of hydrogen-bond donors (Lipinski definition) is 0. The zero-order valence-electron chi connectivity index (χ0n) is 31.7. The second-order valence-corrected chi connectivity index (χ2v) is 14.9. The van der Waals surface area contributed by atoms with E-state index in [1.165, 1.54) is 61.4 Å². The van der Waals surface area contributed by atoms with Gasteiger partial charge >= 0.3 is 0 Å². The molecule has 0 spiro atoms. The molecule has 1 heterocycles. The number of para-hydroxylation sites is 3. The molecule has 0 fully saturated rings. The van der Waals surface area contributed by atoms with E-state index in [0.717, 1.165) is 35.6 Å². The summed E-state index contributed by atoms with van der Waals surface area (Å²) in [6.45, 7) is 0. The van der Waals surface area contributed by atoms with Crippen LogP contribution in [0.5, 0.6) is 0 Å². The summed E-state index contributed by atoms with van der Waals surface area (Å²) < 4.78 is 0. The molecule has 8 aromatic carbocycles. The molecule has 1 aliphatic carbocycles. The minimum absolute atomic E-state index is 0.394. The van der Waals surface area contributed by atoms with Crippen molar-refractivity contribution in [2.75, 3.05) is 9.80 Å². The Bertz CT molecular complexity index is 2680. The highest BCUT2D eigenvalue weighted by Gasteiger charge is 2.24. The van der Waals surface area contributed by atoms with Gasteiger partial charge in [0.1, 0.15) is 0 Å². The fraction of sp³-hybridized carbons (Fsp3) is 0.0545.